The number of hydrazine groups is 1. The van der Waals surface area contributed by atoms with Gasteiger partial charge in [0.05, 0.1) is 13.2 Å². The Hall–Kier alpha value is -1.34. The zero-order chi connectivity index (χ0) is 12.2. The van der Waals surface area contributed by atoms with Gasteiger partial charge < -0.3 is 15.7 Å². The van der Waals surface area contributed by atoms with Crippen LogP contribution in [-0.2, 0) is 9.53 Å². The molecule has 0 saturated carbocycles. The molecule has 1 aliphatic rings. The smallest absolute Gasteiger partial charge is 0.247 e. The molecule has 0 unspecified atom stereocenters. The van der Waals surface area contributed by atoms with Gasteiger partial charge in [0.25, 0.3) is 0 Å². The maximum atomic E-state index is 11.9. The summed E-state index contributed by atoms with van der Waals surface area (Å²) < 4.78 is 5.15. The summed E-state index contributed by atoms with van der Waals surface area (Å²) in [7, 11) is 0. The second-order valence-corrected chi connectivity index (χ2v) is 4.15. The first-order chi connectivity index (χ1) is 7.48. The van der Waals surface area contributed by atoms with Crippen LogP contribution >= 0.6 is 0 Å². The van der Waals surface area contributed by atoms with Crippen molar-refractivity contribution in [2.75, 3.05) is 26.3 Å². The van der Waals surface area contributed by atoms with Gasteiger partial charge in [-0.2, -0.15) is 0 Å². The summed E-state index contributed by atoms with van der Waals surface area (Å²) in [6, 6.07) is 0. The Bertz CT molecular complexity index is 284. The molecule has 92 valence electrons. The molecule has 0 bridgehead atoms. The summed E-state index contributed by atoms with van der Waals surface area (Å²) in [6.07, 6.45) is 0. The summed E-state index contributed by atoms with van der Waals surface area (Å²) in [4.78, 5) is 11.9. The Kier molecular flexibility index (Phi) is 4.08. The minimum atomic E-state index is -1.03. The third-order valence-corrected chi connectivity index (χ3v) is 2.59. The van der Waals surface area contributed by atoms with E-state index in [0.29, 0.717) is 26.3 Å². The van der Waals surface area contributed by atoms with Crippen LogP contribution in [-0.4, -0.2) is 48.3 Å². The number of nitrogens with one attached hydrogen (secondary N) is 1. The summed E-state index contributed by atoms with van der Waals surface area (Å²) >= 11 is 0. The van der Waals surface area contributed by atoms with E-state index >= 15 is 0 Å². The molecule has 0 spiro atoms. The van der Waals surface area contributed by atoms with E-state index < -0.39 is 5.41 Å². The lowest BCUT2D eigenvalue weighted by Crippen LogP contribution is -2.54. The van der Waals surface area contributed by atoms with E-state index in [4.69, 9.17) is 15.7 Å². The lowest BCUT2D eigenvalue weighted by Gasteiger charge is -2.30. The maximum absolute atomic E-state index is 11.9. The fourth-order valence-electron chi connectivity index (χ4n) is 1.20. The first-order valence-corrected chi connectivity index (χ1v) is 5.10. The van der Waals surface area contributed by atoms with Crippen LogP contribution in [0.1, 0.15) is 13.8 Å². The van der Waals surface area contributed by atoms with E-state index in [1.807, 2.05) is 0 Å². The molecule has 0 aromatic carbocycles. The van der Waals surface area contributed by atoms with Gasteiger partial charge in [-0.1, -0.05) is 5.16 Å². The van der Waals surface area contributed by atoms with Crippen molar-refractivity contribution in [2.45, 2.75) is 13.8 Å². The van der Waals surface area contributed by atoms with Gasteiger partial charge in [-0.25, -0.2) is 5.01 Å². The van der Waals surface area contributed by atoms with Crippen molar-refractivity contribution in [2.24, 2.45) is 16.3 Å². The Morgan fingerprint density at radius 1 is 1.50 bits per heavy atom. The van der Waals surface area contributed by atoms with Crippen LogP contribution < -0.4 is 11.2 Å². The van der Waals surface area contributed by atoms with Gasteiger partial charge in [0.2, 0.25) is 5.91 Å². The molecule has 1 saturated heterocycles. The number of carbonyl (C=O) groups is 1. The highest BCUT2D eigenvalue weighted by Gasteiger charge is 2.34. The largest absolute Gasteiger partial charge is 0.409 e. The van der Waals surface area contributed by atoms with E-state index in [9.17, 15) is 4.79 Å². The number of nitrogens with zero attached hydrogens (tertiary/aromatic N) is 2. The Morgan fingerprint density at radius 3 is 2.56 bits per heavy atom. The number of amidine groups is 1. The van der Waals surface area contributed by atoms with Crippen molar-refractivity contribution in [1.29, 1.82) is 0 Å². The van der Waals surface area contributed by atoms with Crippen molar-refractivity contribution in [3.8, 4) is 0 Å². The van der Waals surface area contributed by atoms with E-state index in [1.165, 1.54) is 0 Å². The van der Waals surface area contributed by atoms with Crippen molar-refractivity contribution in [3.63, 3.8) is 0 Å². The quantitative estimate of drug-likeness (QED) is 0.253. The number of morpholine rings is 1. The van der Waals surface area contributed by atoms with Crippen molar-refractivity contribution < 1.29 is 14.7 Å². The highest BCUT2D eigenvalue weighted by Crippen LogP contribution is 2.15. The molecular weight excluding hydrogens is 212 g/mol. The molecule has 0 aromatic heterocycles. The average Bonchev–Trinajstić information content (AvgIpc) is 2.29. The Labute approximate surface area is 94.2 Å². The Morgan fingerprint density at radius 2 is 2.06 bits per heavy atom. The number of carbonyl (C=O) groups excluding carboxylic acids is 1. The molecule has 1 amide bonds. The lowest BCUT2D eigenvalue weighted by molar-refractivity contribution is -0.133. The molecule has 1 rings (SSSR count). The van der Waals surface area contributed by atoms with Crippen LogP contribution in [0.2, 0.25) is 0 Å². The van der Waals surface area contributed by atoms with Gasteiger partial charge in [-0.05, 0) is 13.8 Å². The van der Waals surface area contributed by atoms with Gasteiger partial charge in [-0.15, -0.1) is 0 Å². The van der Waals surface area contributed by atoms with Crippen molar-refractivity contribution >= 4 is 11.7 Å². The Balaban J connectivity index is 2.56. The number of hydrogen-bond donors (Lipinski definition) is 3. The molecule has 16 heavy (non-hydrogen) atoms. The number of nitrogens with two attached hydrogens (primary N) is 1. The molecular formula is C9H18N4O3. The summed E-state index contributed by atoms with van der Waals surface area (Å²) in [5, 5.41) is 13.2. The van der Waals surface area contributed by atoms with E-state index in [1.54, 1.807) is 18.9 Å². The first-order valence-electron chi connectivity index (χ1n) is 5.10. The van der Waals surface area contributed by atoms with Crippen molar-refractivity contribution in [1.82, 2.24) is 10.4 Å². The SMILES string of the molecule is CC(C)(C(=O)NN1CCOCC1)C(N)=NO. The number of oxime groups is 1. The zero-order valence-electron chi connectivity index (χ0n) is 9.56. The van der Waals surface area contributed by atoms with E-state index in [2.05, 4.69) is 10.6 Å². The lowest BCUT2D eigenvalue weighted by atomic mass is 9.91. The average molecular weight is 230 g/mol. The van der Waals surface area contributed by atoms with E-state index in [0.717, 1.165) is 0 Å². The number of rotatable bonds is 3. The summed E-state index contributed by atoms with van der Waals surface area (Å²) in [6.45, 7) is 5.64. The number of ether oxygens (including phenoxy) is 1. The van der Waals surface area contributed by atoms with Gasteiger partial charge in [-0.3, -0.25) is 10.2 Å². The highest BCUT2D eigenvalue weighted by molar-refractivity contribution is 6.05. The van der Waals surface area contributed by atoms with Gasteiger partial charge in [0.1, 0.15) is 5.41 Å². The normalized spacial score (nSPS) is 19.5. The maximum Gasteiger partial charge on any atom is 0.247 e. The zero-order valence-corrected chi connectivity index (χ0v) is 9.56. The molecule has 1 heterocycles. The third-order valence-electron chi connectivity index (χ3n) is 2.59. The predicted molar refractivity (Wildman–Crippen MR) is 57.7 cm³/mol. The molecule has 4 N–H and O–H groups in total. The molecule has 1 aliphatic heterocycles. The van der Waals surface area contributed by atoms with Crippen LogP contribution in [0.4, 0.5) is 0 Å². The van der Waals surface area contributed by atoms with Crippen molar-refractivity contribution in [3.05, 3.63) is 0 Å². The predicted octanol–water partition coefficient (Wildman–Crippen LogP) is -0.878. The van der Waals surface area contributed by atoms with Crippen LogP contribution in [0.15, 0.2) is 5.16 Å². The minimum absolute atomic E-state index is 0.113. The van der Waals surface area contributed by atoms with Gasteiger partial charge >= 0.3 is 0 Å². The molecule has 7 nitrogen and oxygen atoms in total. The van der Waals surface area contributed by atoms with Gasteiger partial charge in [0, 0.05) is 13.1 Å². The number of hydrogen-bond acceptors (Lipinski definition) is 5. The minimum Gasteiger partial charge on any atom is -0.409 e. The summed E-state index contributed by atoms with van der Waals surface area (Å²) in [5.74, 6) is -0.414. The standard InChI is InChI=1S/C9H18N4O3/c1-9(2,7(10)12-15)8(14)11-13-3-5-16-6-4-13/h15H,3-6H2,1-2H3,(H2,10,12)(H,11,14). The monoisotopic (exact) mass is 230 g/mol. The molecule has 0 aliphatic carbocycles. The van der Waals surface area contributed by atoms with Crippen LogP contribution in [0.5, 0.6) is 0 Å². The first kappa shape index (κ1) is 12.7. The molecule has 7 heteroatoms. The van der Waals surface area contributed by atoms with Crippen LogP contribution in [0.3, 0.4) is 0 Å². The third kappa shape index (κ3) is 2.83. The summed E-state index contributed by atoms with van der Waals surface area (Å²) in [5.41, 5.74) is 7.13. The molecule has 0 aromatic rings. The van der Waals surface area contributed by atoms with Gasteiger partial charge in [0.15, 0.2) is 5.84 Å². The fourth-order valence-corrected chi connectivity index (χ4v) is 1.20. The van der Waals surface area contributed by atoms with E-state index in [-0.39, 0.29) is 11.7 Å². The second kappa shape index (κ2) is 5.13. The van der Waals surface area contributed by atoms with Crippen LogP contribution in [0, 0.1) is 5.41 Å². The molecule has 0 radical (unpaired) electrons. The highest BCUT2D eigenvalue weighted by atomic mass is 16.5. The topological polar surface area (TPSA) is 100 Å². The molecule has 0 atom stereocenters. The number of amides is 1. The second-order valence-electron chi connectivity index (χ2n) is 4.15. The molecule has 1 fully saturated rings. The van der Waals surface area contributed by atoms with Crippen LogP contribution in [0.25, 0.3) is 0 Å². The fraction of sp³-hybridized carbons (Fsp3) is 0.778.